The van der Waals surface area contributed by atoms with Crippen molar-refractivity contribution in [2.45, 2.75) is 26.7 Å². The SMILES string of the molecule is CC(C)(CC(=O)O)CC(=O)NNC(=O)c1cc(Br)c(Br)s1. The quantitative estimate of drug-likeness (QED) is 0.612. The standard InChI is InChI=1S/C12H14Br2N2O4S/c1-12(2,5-9(18)19)4-8(17)15-16-11(20)7-3-6(13)10(14)21-7/h3H,4-5H2,1-2H3,(H,15,17)(H,16,20)(H,18,19). The van der Waals surface area contributed by atoms with Crippen molar-refractivity contribution in [3.05, 3.63) is 19.2 Å². The Morgan fingerprint density at radius 1 is 1.24 bits per heavy atom. The first-order chi connectivity index (χ1) is 9.60. The third-order valence-corrected chi connectivity index (χ3v) is 5.71. The number of carboxylic acids is 1. The number of halogens is 2. The molecule has 0 aliphatic heterocycles. The Balaban J connectivity index is 2.49. The number of rotatable bonds is 5. The van der Waals surface area contributed by atoms with E-state index in [2.05, 4.69) is 42.7 Å². The molecule has 0 atom stereocenters. The van der Waals surface area contributed by atoms with Crippen LogP contribution in [0, 0.1) is 5.41 Å². The van der Waals surface area contributed by atoms with Crippen LogP contribution in [-0.2, 0) is 9.59 Å². The Hall–Kier alpha value is -0.930. The predicted molar refractivity (Wildman–Crippen MR) is 86.0 cm³/mol. The highest BCUT2D eigenvalue weighted by atomic mass is 79.9. The number of hydrazine groups is 1. The van der Waals surface area contributed by atoms with Crippen LogP contribution in [-0.4, -0.2) is 22.9 Å². The molecule has 0 radical (unpaired) electrons. The van der Waals surface area contributed by atoms with E-state index in [-0.39, 0.29) is 12.8 Å². The minimum Gasteiger partial charge on any atom is -0.481 e. The van der Waals surface area contributed by atoms with Gasteiger partial charge in [-0.1, -0.05) is 13.8 Å². The van der Waals surface area contributed by atoms with Crippen molar-refractivity contribution in [1.29, 1.82) is 0 Å². The molecule has 6 nitrogen and oxygen atoms in total. The number of hydrogen-bond acceptors (Lipinski definition) is 4. The predicted octanol–water partition coefficient (Wildman–Crippen LogP) is 2.93. The van der Waals surface area contributed by atoms with E-state index in [1.54, 1.807) is 19.9 Å². The molecule has 1 heterocycles. The fourth-order valence-electron chi connectivity index (χ4n) is 1.60. The van der Waals surface area contributed by atoms with Gasteiger partial charge < -0.3 is 5.11 Å². The maximum Gasteiger partial charge on any atom is 0.303 e. The van der Waals surface area contributed by atoms with E-state index in [4.69, 9.17) is 5.11 Å². The molecule has 1 aromatic rings. The second-order valence-electron chi connectivity index (χ2n) is 5.15. The van der Waals surface area contributed by atoms with E-state index in [0.29, 0.717) is 4.88 Å². The summed E-state index contributed by atoms with van der Waals surface area (Å²) in [5, 5.41) is 8.75. The topological polar surface area (TPSA) is 95.5 Å². The fourth-order valence-corrected chi connectivity index (χ4v) is 3.53. The van der Waals surface area contributed by atoms with Crippen LogP contribution in [0.3, 0.4) is 0 Å². The van der Waals surface area contributed by atoms with Crippen molar-refractivity contribution < 1.29 is 19.5 Å². The molecule has 0 aliphatic rings. The third-order valence-electron chi connectivity index (χ3n) is 2.45. The molecule has 3 N–H and O–H groups in total. The molecule has 0 aliphatic carbocycles. The summed E-state index contributed by atoms with van der Waals surface area (Å²) < 4.78 is 1.54. The van der Waals surface area contributed by atoms with E-state index < -0.39 is 23.2 Å². The van der Waals surface area contributed by atoms with E-state index >= 15 is 0 Å². The minimum absolute atomic E-state index is 0.00257. The van der Waals surface area contributed by atoms with Crippen LogP contribution in [0.4, 0.5) is 0 Å². The lowest BCUT2D eigenvalue weighted by molar-refractivity contribution is -0.139. The highest BCUT2D eigenvalue weighted by Crippen LogP contribution is 2.32. The molecule has 0 aromatic carbocycles. The van der Waals surface area contributed by atoms with Crippen molar-refractivity contribution in [1.82, 2.24) is 10.9 Å². The molecule has 2 amide bonds. The number of thiophene rings is 1. The van der Waals surface area contributed by atoms with Crippen LogP contribution in [0.2, 0.25) is 0 Å². The molecular formula is C12H14Br2N2O4S. The molecule has 0 saturated carbocycles. The molecule has 0 spiro atoms. The van der Waals surface area contributed by atoms with Crippen molar-refractivity contribution in [3.8, 4) is 0 Å². The number of amides is 2. The van der Waals surface area contributed by atoms with Gasteiger partial charge in [0.15, 0.2) is 0 Å². The summed E-state index contributed by atoms with van der Waals surface area (Å²) in [6.45, 7) is 3.35. The lowest BCUT2D eigenvalue weighted by atomic mass is 9.85. The highest BCUT2D eigenvalue weighted by molar-refractivity contribution is 9.13. The van der Waals surface area contributed by atoms with Crippen LogP contribution >= 0.6 is 43.2 Å². The maximum atomic E-state index is 11.8. The Morgan fingerprint density at radius 3 is 2.33 bits per heavy atom. The van der Waals surface area contributed by atoms with Crippen LogP contribution in [0.25, 0.3) is 0 Å². The molecule has 0 fully saturated rings. The van der Waals surface area contributed by atoms with Gasteiger partial charge in [-0.3, -0.25) is 25.2 Å². The lowest BCUT2D eigenvalue weighted by Crippen LogP contribution is -2.43. The Bertz CT molecular complexity index is 552. The molecule has 1 rings (SSSR count). The number of carboxylic acid groups (broad SMARTS) is 1. The summed E-state index contributed by atoms with van der Waals surface area (Å²) in [6, 6.07) is 1.63. The molecule has 0 bridgehead atoms. The second kappa shape index (κ2) is 7.37. The molecule has 116 valence electrons. The van der Waals surface area contributed by atoms with Crippen LogP contribution in [0.1, 0.15) is 36.4 Å². The molecule has 9 heteroatoms. The van der Waals surface area contributed by atoms with Gasteiger partial charge in [-0.2, -0.15) is 0 Å². The smallest absolute Gasteiger partial charge is 0.303 e. The lowest BCUT2D eigenvalue weighted by Gasteiger charge is -2.21. The van der Waals surface area contributed by atoms with Gasteiger partial charge in [0.25, 0.3) is 5.91 Å². The zero-order valence-corrected chi connectivity index (χ0v) is 15.3. The molecule has 1 aromatic heterocycles. The van der Waals surface area contributed by atoms with E-state index in [1.165, 1.54) is 11.3 Å². The number of carbonyl (C=O) groups is 3. The largest absolute Gasteiger partial charge is 0.481 e. The summed E-state index contributed by atoms with van der Waals surface area (Å²) in [7, 11) is 0. The van der Waals surface area contributed by atoms with Crippen molar-refractivity contribution >= 4 is 61.0 Å². The number of hydrogen-bond donors (Lipinski definition) is 3. The van der Waals surface area contributed by atoms with E-state index in [9.17, 15) is 14.4 Å². The summed E-state index contributed by atoms with van der Waals surface area (Å²) in [5.41, 5.74) is 3.90. The number of carbonyl (C=O) groups excluding carboxylic acids is 2. The summed E-state index contributed by atoms with van der Waals surface area (Å²) in [6.07, 6.45) is -0.128. The monoisotopic (exact) mass is 440 g/mol. The van der Waals surface area contributed by atoms with Crippen molar-refractivity contribution in [2.24, 2.45) is 5.41 Å². The molecule has 0 unspecified atom stereocenters. The van der Waals surface area contributed by atoms with Crippen molar-refractivity contribution in [2.75, 3.05) is 0 Å². The Morgan fingerprint density at radius 2 is 1.86 bits per heavy atom. The van der Waals surface area contributed by atoms with Gasteiger partial charge in [0, 0.05) is 10.9 Å². The van der Waals surface area contributed by atoms with Gasteiger partial charge in [0.1, 0.15) is 0 Å². The normalized spacial score (nSPS) is 11.0. The van der Waals surface area contributed by atoms with Gasteiger partial charge in [-0.05, 0) is 43.3 Å². The molecular weight excluding hydrogens is 428 g/mol. The first kappa shape index (κ1) is 18.1. The van der Waals surface area contributed by atoms with Gasteiger partial charge in [0.05, 0.1) is 15.1 Å². The van der Waals surface area contributed by atoms with E-state index in [1.807, 2.05) is 0 Å². The van der Waals surface area contributed by atoms with Gasteiger partial charge >= 0.3 is 5.97 Å². The van der Waals surface area contributed by atoms with Gasteiger partial charge in [0.2, 0.25) is 5.91 Å². The third kappa shape index (κ3) is 6.15. The Labute approximate surface area is 142 Å². The van der Waals surface area contributed by atoms with Crippen molar-refractivity contribution in [3.63, 3.8) is 0 Å². The first-order valence-corrected chi connectivity index (χ1v) is 8.27. The average molecular weight is 442 g/mol. The molecule has 0 saturated heterocycles. The first-order valence-electron chi connectivity index (χ1n) is 5.86. The van der Waals surface area contributed by atoms with Gasteiger partial charge in [-0.25, -0.2) is 0 Å². The second-order valence-corrected chi connectivity index (χ2v) is 8.37. The number of aliphatic carboxylic acids is 1. The number of nitrogens with one attached hydrogen (secondary N) is 2. The highest BCUT2D eigenvalue weighted by Gasteiger charge is 2.25. The summed E-state index contributed by atoms with van der Waals surface area (Å²) in [4.78, 5) is 34.6. The average Bonchev–Trinajstić information content (AvgIpc) is 2.64. The summed E-state index contributed by atoms with van der Waals surface area (Å²) in [5.74, 6) is -1.84. The molecule has 21 heavy (non-hydrogen) atoms. The van der Waals surface area contributed by atoms with Crippen LogP contribution in [0.15, 0.2) is 14.3 Å². The fraction of sp³-hybridized carbons (Fsp3) is 0.417. The maximum absolute atomic E-state index is 11.8. The minimum atomic E-state index is -0.967. The van der Waals surface area contributed by atoms with Crippen LogP contribution in [0.5, 0.6) is 0 Å². The Kier molecular flexibility index (Phi) is 6.36. The van der Waals surface area contributed by atoms with E-state index in [0.717, 1.165) is 8.26 Å². The summed E-state index contributed by atoms with van der Waals surface area (Å²) >= 11 is 7.77. The zero-order valence-electron chi connectivity index (χ0n) is 11.3. The zero-order chi connectivity index (χ0) is 16.2. The van der Waals surface area contributed by atoms with Crippen LogP contribution < -0.4 is 10.9 Å². The van der Waals surface area contributed by atoms with Gasteiger partial charge in [-0.15, -0.1) is 11.3 Å².